The summed E-state index contributed by atoms with van der Waals surface area (Å²) in [6, 6.07) is 5.94. The Hall–Kier alpha value is -2.21. The Bertz CT molecular complexity index is 619. The van der Waals surface area contributed by atoms with E-state index in [0.29, 0.717) is 12.5 Å². The second-order valence-corrected chi connectivity index (χ2v) is 5.94. The molecule has 6 nitrogen and oxygen atoms in total. The number of piperidine rings is 1. The molecule has 0 radical (unpaired) electrons. The average molecular weight is 313 g/mol. The standard InChI is InChI=1S/C17H23N5O/c23-17(20-9-5-14-3-1-7-18-11-14)13-22-10-6-16(21-22)15-4-2-8-19-12-15/h1,3,6-7,10-11,15,19H,2,4-5,8-9,12-13H2,(H,20,23)/t15-/m1/s1. The number of carbonyl (C=O) groups excluding carboxylic acids is 1. The van der Waals surface area contributed by atoms with Gasteiger partial charge in [0.05, 0.1) is 5.69 Å². The Kier molecular flexibility index (Phi) is 5.37. The maximum Gasteiger partial charge on any atom is 0.241 e. The molecule has 0 spiro atoms. The Labute approximate surface area is 136 Å². The van der Waals surface area contributed by atoms with Crippen molar-refractivity contribution in [3.8, 4) is 0 Å². The maximum atomic E-state index is 12.0. The van der Waals surface area contributed by atoms with Gasteiger partial charge in [0.1, 0.15) is 6.54 Å². The molecular formula is C17H23N5O. The van der Waals surface area contributed by atoms with Crippen molar-refractivity contribution in [2.45, 2.75) is 31.7 Å². The van der Waals surface area contributed by atoms with Gasteiger partial charge in [-0.15, -0.1) is 0 Å². The van der Waals surface area contributed by atoms with Gasteiger partial charge in [-0.2, -0.15) is 5.10 Å². The first-order chi connectivity index (χ1) is 11.3. The van der Waals surface area contributed by atoms with Gasteiger partial charge in [0.25, 0.3) is 0 Å². The van der Waals surface area contributed by atoms with E-state index in [0.717, 1.165) is 30.8 Å². The SMILES string of the molecule is O=C(Cn1ccc([C@@H]2CCCNC2)n1)NCCc1cccnc1. The van der Waals surface area contributed by atoms with Crippen molar-refractivity contribution in [1.29, 1.82) is 0 Å². The Morgan fingerprint density at radius 2 is 2.39 bits per heavy atom. The lowest BCUT2D eigenvalue weighted by Crippen LogP contribution is -2.30. The molecule has 1 saturated heterocycles. The second kappa shape index (κ2) is 7.87. The lowest BCUT2D eigenvalue weighted by molar-refractivity contribution is -0.121. The molecule has 2 N–H and O–H groups in total. The molecule has 2 aromatic rings. The molecule has 1 aliphatic heterocycles. The lowest BCUT2D eigenvalue weighted by atomic mass is 9.97. The fraction of sp³-hybridized carbons (Fsp3) is 0.471. The van der Waals surface area contributed by atoms with Crippen LogP contribution in [-0.4, -0.2) is 40.3 Å². The second-order valence-electron chi connectivity index (χ2n) is 5.94. The van der Waals surface area contributed by atoms with Gasteiger partial charge in [-0.25, -0.2) is 0 Å². The Balaban J connectivity index is 1.43. The summed E-state index contributed by atoms with van der Waals surface area (Å²) in [5.41, 5.74) is 2.21. The molecule has 1 aliphatic rings. The molecule has 0 aliphatic carbocycles. The van der Waals surface area contributed by atoms with Crippen LogP contribution in [0.2, 0.25) is 0 Å². The summed E-state index contributed by atoms with van der Waals surface area (Å²) in [4.78, 5) is 16.1. The van der Waals surface area contributed by atoms with Crippen molar-refractivity contribution in [2.24, 2.45) is 0 Å². The summed E-state index contributed by atoms with van der Waals surface area (Å²) in [7, 11) is 0. The van der Waals surface area contributed by atoms with E-state index in [1.807, 2.05) is 30.6 Å². The fourth-order valence-corrected chi connectivity index (χ4v) is 2.88. The van der Waals surface area contributed by atoms with Crippen LogP contribution in [0, 0.1) is 0 Å². The molecule has 1 atom stereocenters. The number of hydrogen-bond donors (Lipinski definition) is 2. The predicted octanol–water partition coefficient (Wildman–Crippen LogP) is 1.10. The molecular weight excluding hydrogens is 290 g/mol. The zero-order valence-corrected chi connectivity index (χ0v) is 13.2. The van der Waals surface area contributed by atoms with Gasteiger partial charge in [-0.1, -0.05) is 6.07 Å². The van der Waals surface area contributed by atoms with Gasteiger partial charge in [0.2, 0.25) is 5.91 Å². The van der Waals surface area contributed by atoms with Gasteiger partial charge in [0.15, 0.2) is 0 Å². The zero-order chi connectivity index (χ0) is 15.9. The highest BCUT2D eigenvalue weighted by Crippen LogP contribution is 2.21. The first kappa shape index (κ1) is 15.7. The van der Waals surface area contributed by atoms with Crippen molar-refractivity contribution in [3.63, 3.8) is 0 Å². The molecule has 0 bridgehead atoms. The number of aromatic nitrogens is 3. The summed E-state index contributed by atoms with van der Waals surface area (Å²) in [6.07, 6.45) is 8.61. The van der Waals surface area contributed by atoms with Crippen LogP contribution >= 0.6 is 0 Å². The molecule has 23 heavy (non-hydrogen) atoms. The fourth-order valence-electron chi connectivity index (χ4n) is 2.88. The van der Waals surface area contributed by atoms with Crippen LogP contribution in [-0.2, 0) is 17.8 Å². The highest BCUT2D eigenvalue weighted by atomic mass is 16.2. The van der Waals surface area contributed by atoms with Crippen LogP contribution < -0.4 is 10.6 Å². The van der Waals surface area contributed by atoms with Crippen molar-refractivity contribution in [2.75, 3.05) is 19.6 Å². The Morgan fingerprint density at radius 1 is 1.43 bits per heavy atom. The van der Waals surface area contributed by atoms with Gasteiger partial charge < -0.3 is 10.6 Å². The molecule has 1 fully saturated rings. The molecule has 3 rings (SSSR count). The third kappa shape index (κ3) is 4.63. The third-order valence-corrected chi connectivity index (χ3v) is 4.14. The number of hydrogen-bond acceptors (Lipinski definition) is 4. The minimum Gasteiger partial charge on any atom is -0.354 e. The molecule has 0 saturated carbocycles. The minimum atomic E-state index is -0.00897. The van der Waals surface area contributed by atoms with E-state index >= 15 is 0 Å². The first-order valence-electron chi connectivity index (χ1n) is 8.21. The minimum absolute atomic E-state index is 0.00897. The summed E-state index contributed by atoms with van der Waals surface area (Å²) in [5, 5.41) is 10.9. The van der Waals surface area contributed by atoms with Crippen LogP contribution in [0.5, 0.6) is 0 Å². The average Bonchev–Trinajstić information content (AvgIpc) is 3.05. The van der Waals surface area contributed by atoms with Gasteiger partial charge in [-0.3, -0.25) is 14.5 Å². The van der Waals surface area contributed by atoms with Crippen LogP contribution in [0.4, 0.5) is 0 Å². The lowest BCUT2D eigenvalue weighted by Gasteiger charge is -2.20. The van der Waals surface area contributed by atoms with Gasteiger partial charge in [-0.05, 0) is 43.5 Å². The predicted molar refractivity (Wildman–Crippen MR) is 88.0 cm³/mol. The number of nitrogens with one attached hydrogen (secondary N) is 2. The highest BCUT2D eigenvalue weighted by Gasteiger charge is 2.17. The molecule has 6 heteroatoms. The monoisotopic (exact) mass is 313 g/mol. The molecule has 2 aromatic heterocycles. The number of amides is 1. The van der Waals surface area contributed by atoms with E-state index in [4.69, 9.17) is 0 Å². The van der Waals surface area contributed by atoms with E-state index < -0.39 is 0 Å². The van der Waals surface area contributed by atoms with Crippen molar-refractivity contribution in [1.82, 2.24) is 25.4 Å². The van der Waals surface area contributed by atoms with Crippen LogP contribution in [0.25, 0.3) is 0 Å². The summed E-state index contributed by atoms with van der Waals surface area (Å²) >= 11 is 0. The van der Waals surface area contributed by atoms with Crippen LogP contribution in [0.15, 0.2) is 36.8 Å². The normalized spacial score (nSPS) is 17.8. The topological polar surface area (TPSA) is 71.8 Å². The van der Waals surface area contributed by atoms with Gasteiger partial charge in [0, 0.05) is 37.6 Å². The smallest absolute Gasteiger partial charge is 0.241 e. The highest BCUT2D eigenvalue weighted by molar-refractivity contribution is 5.75. The third-order valence-electron chi connectivity index (χ3n) is 4.14. The number of pyridine rings is 1. The van der Waals surface area contributed by atoms with E-state index in [1.54, 1.807) is 10.9 Å². The van der Waals surface area contributed by atoms with E-state index in [-0.39, 0.29) is 12.5 Å². The van der Waals surface area contributed by atoms with Crippen LogP contribution in [0.3, 0.4) is 0 Å². The summed E-state index contributed by atoms with van der Waals surface area (Å²) in [6.45, 7) is 2.96. The van der Waals surface area contributed by atoms with Crippen molar-refractivity contribution < 1.29 is 4.79 Å². The molecule has 0 aromatic carbocycles. The molecule has 3 heterocycles. The number of carbonyl (C=O) groups is 1. The number of nitrogens with zero attached hydrogens (tertiary/aromatic N) is 3. The van der Waals surface area contributed by atoms with E-state index in [2.05, 4.69) is 20.7 Å². The zero-order valence-electron chi connectivity index (χ0n) is 13.2. The maximum absolute atomic E-state index is 12.0. The first-order valence-corrected chi connectivity index (χ1v) is 8.21. The number of rotatable bonds is 6. The quantitative estimate of drug-likeness (QED) is 0.838. The largest absolute Gasteiger partial charge is 0.354 e. The molecule has 122 valence electrons. The van der Waals surface area contributed by atoms with Crippen LogP contribution in [0.1, 0.15) is 30.0 Å². The van der Waals surface area contributed by atoms with Crippen molar-refractivity contribution in [3.05, 3.63) is 48.0 Å². The Morgan fingerprint density at radius 3 is 3.17 bits per heavy atom. The van der Waals surface area contributed by atoms with E-state index in [9.17, 15) is 4.79 Å². The van der Waals surface area contributed by atoms with Crippen molar-refractivity contribution >= 4 is 5.91 Å². The molecule has 0 unspecified atom stereocenters. The molecule has 1 amide bonds. The van der Waals surface area contributed by atoms with Gasteiger partial charge >= 0.3 is 0 Å². The summed E-state index contributed by atoms with van der Waals surface area (Å²) < 4.78 is 1.73. The summed E-state index contributed by atoms with van der Waals surface area (Å²) in [5.74, 6) is 0.462. The van der Waals surface area contributed by atoms with E-state index in [1.165, 1.54) is 12.8 Å².